The molecule has 0 aromatic heterocycles. The minimum absolute atomic E-state index is 0.0597. The number of esters is 1. The van der Waals surface area contributed by atoms with Gasteiger partial charge in [-0.3, -0.25) is 15.3 Å². The molecule has 0 atom stereocenters. The first-order valence-electron chi connectivity index (χ1n) is 3.71. The quantitative estimate of drug-likeness (QED) is 0.356. The molecule has 4 nitrogen and oxygen atoms in total. The number of ketones is 1. The number of nitrogens with two attached hydrogens (primary N) is 1. The monoisotopic (exact) mass is 171 g/mol. The van der Waals surface area contributed by atoms with Crippen molar-refractivity contribution in [2.45, 2.75) is 19.3 Å². The molecule has 0 aromatic carbocycles. The molecule has 0 saturated carbocycles. The van der Waals surface area contributed by atoms with E-state index in [1.54, 1.807) is 0 Å². The molecule has 0 aliphatic rings. The van der Waals surface area contributed by atoms with Crippen molar-refractivity contribution in [1.82, 2.24) is 0 Å². The van der Waals surface area contributed by atoms with Gasteiger partial charge in [0.25, 0.3) is 0 Å². The van der Waals surface area contributed by atoms with Crippen molar-refractivity contribution < 1.29 is 14.3 Å². The molecule has 0 spiro atoms. The van der Waals surface area contributed by atoms with Crippen molar-refractivity contribution >= 4 is 11.8 Å². The Labute approximate surface area is 71.4 Å². The molecule has 0 heterocycles. The van der Waals surface area contributed by atoms with Gasteiger partial charge in [0.2, 0.25) is 0 Å². The van der Waals surface area contributed by atoms with E-state index in [0.29, 0.717) is 12.8 Å². The highest BCUT2D eigenvalue weighted by atomic mass is 16.5. The summed E-state index contributed by atoms with van der Waals surface area (Å²) in [4.78, 5) is 21.3. The predicted octanol–water partition coefficient (Wildman–Crippen LogP) is 0.371. The van der Waals surface area contributed by atoms with E-state index in [-0.39, 0.29) is 24.9 Å². The van der Waals surface area contributed by atoms with E-state index in [1.807, 2.05) is 0 Å². The van der Waals surface area contributed by atoms with Crippen LogP contribution in [-0.4, -0.2) is 18.5 Å². The van der Waals surface area contributed by atoms with Crippen molar-refractivity contribution in [3.63, 3.8) is 0 Å². The molecular weight excluding hydrogens is 158 g/mol. The minimum atomic E-state index is -0.366. The molecule has 68 valence electrons. The number of hydrogen-bond donors (Lipinski definition) is 1. The maximum atomic E-state index is 10.7. The summed E-state index contributed by atoms with van der Waals surface area (Å²) in [7, 11) is 0. The topological polar surface area (TPSA) is 69.4 Å². The molecule has 0 saturated heterocycles. The normalized spacial score (nSPS) is 9.08. The van der Waals surface area contributed by atoms with E-state index in [1.165, 1.54) is 6.08 Å². The third-order valence-electron chi connectivity index (χ3n) is 1.28. The van der Waals surface area contributed by atoms with Gasteiger partial charge in [0.05, 0.1) is 0 Å². The SMILES string of the molecule is C=CC(=O)CCCC(=O)OCN. The largest absolute Gasteiger partial charge is 0.450 e. The second-order valence-electron chi connectivity index (χ2n) is 2.21. The lowest BCUT2D eigenvalue weighted by Crippen LogP contribution is -2.11. The highest BCUT2D eigenvalue weighted by molar-refractivity contribution is 5.89. The van der Waals surface area contributed by atoms with E-state index in [2.05, 4.69) is 11.3 Å². The Morgan fingerprint density at radius 2 is 2.08 bits per heavy atom. The second-order valence-corrected chi connectivity index (χ2v) is 2.21. The van der Waals surface area contributed by atoms with E-state index in [0.717, 1.165) is 0 Å². The Morgan fingerprint density at radius 1 is 1.42 bits per heavy atom. The third-order valence-corrected chi connectivity index (χ3v) is 1.28. The lowest BCUT2D eigenvalue weighted by molar-refractivity contribution is -0.143. The summed E-state index contributed by atoms with van der Waals surface area (Å²) < 4.78 is 4.46. The average Bonchev–Trinajstić information content (AvgIpc) is 2.04. The summed E-state index contributed by atoms with van der Waals surface area (Å²) in [5, 5.41) is 0. The van der Waals surface area contributed by atoms with Crippen LogP contribution in [-0.2, 0) is 14.3 Å². The maximum absolute atomic E-state index is 10.7. The Bertz CT molecular complexity index is 177. The van der Waals surface area contributed by atoms with E-state index in [9.17, 15) is 9.59 Å². The zero-order chi connectivity index (χ0) is 9.40. The van der Waals surface area contributed by atoms with Gasteiger partial charge in [-0.25, -0.2) is 0 Å². The number of carbonyl (C=O) groups is 2. The lowest BCUT2D eigenvalue weighted by Gasteiger charge is -1.99. The Balaban J connectivity index is 3.36. The third kappa shape index (κ3) is 5.61. The molecule has 0 aliphatic carbocycles. The van der Waals surface area contributed by atoms with Crippen LogP contribution < -0.4 is 5.73 Å². The van der Waals surface area contributed by atoms with Gasteiger partial charge in [0.1, 0.15) is 6.73 Å². The van der Waals surface area contributed by atoms with Gasteiger partial charge in [-0.2, -0.15) is 0 Å². The smallest absolute Gasteiger partial charge is 0.307 e. The number of allylic oxidation sites excluding steroid dienone is 1. The van der Waals surface area contributed by atoms with Crippen LogP contribution in [0.1, 0.15) is 19.3 Å². The number of rotatable bonds is 6. The van der Waals surface area contributed by atoms with Gasteiger partial charge in [-0.1, -0.05) is 6.58 Å². The molecule has 0 aliphatic heterocycles. The summed E-state index contributed by atoms with van der Waals surface area (Å²) in [6.45, 7) is 3.21. The molecule has 2 N–H and O–H groups in total. The molecule has 0 rings (SSSR count). The van der Waals surface area contributed by atoms with Crippen molar-refractivity contribution in [2.75, 3.05) is 6.73 Å². The Kier molecular flexibility index (Phi) is 5.91. The summed E-state index contributed by atoms with van der Waals surface area (Å²) in [5.41, 5.74) is 4.96. The van der Waals surface area contributed by atoms with Gasteiger partial charge in [-0.15, -0.1) is 0 Å². The zero-order valence-corrected chi connectivity index (χ0v) is 6.91. The maximum Gasteiger partial charge on any atom is 0.307 e. The van der Waals surface area contributed by atoms with Gasteiger partial charge in [-0.05, 0) is 12.5 Å². The van der Waals surface area contributed by atoms with Gasteiger partial charge < -0.3 is 4.74 Å². The highest BCUT2D eigenvalue weighted by Gasteiger charge is 2.02. The first kappa shape index (κ1) is 10.8. The number of ether oxygens (including phenoxy) is 1. The van der Waals surface area contributed by atoms with Crippen molar-refractivity contribution in [2.24, 2.45) is 5.73 Å². The first-order chi connectivity index (χ1) is 5.70. The van der Waals surface area contributed by atoms with Gasteiger partial charge in [0, 0.05) is 12.8 Å². The van der Waals surface area contributed by atoms with Gasteiger partial charge in [0.15, 0.2) is 5.78 Å². The molecule has 4 heteroatoms. The fraction of sp³-hybridized carbons (Fsp3) is 0.500. The average molecular weight is 171 g/mol. The van der Waals surface area contributed by atoms with Crippen LogP contribution in [0.5, 0.6) is 0 Å². The van der Waals surface area contributed by atoms with Crippen LogP contribution in [0.2, 0.25) is 0 Å². The Hall–Kier alpha value is -1.16. The van der Waals surface area contributed by atoms with Gasteiger partial charge >= 0.3 is 5.97 Å². The molecule has 0 bridgehead atoms. The Morgan fingerprint density at radius 3 is 2.58 bits per heavy atom. The van der Waals surface area contributed by atoms with E-state index in [4.69, 9.17) is 5.73 Å². The lowest BCUT2D eigenvalue weighted by atomic mass is 10.2. The summed E-state index contributed by atoms with van der Waals surface area (Å²) in [6, 6.07) is 0. The van der Waals surface area contributed by atoms with Crippen LogP contribution >= 0.6 is 0 Å². The molecule has 0 fully saturated rings. The molecule has 0 aromatic rings. The van der Waals surface area contributed by atoms with Crippen molar-refractivity contribution in [3.8, 4) is 0 Å². The second kappa shape index (κ2) is 6.54. The molecule has 0 unspecified atom stereocenters. The van der Waals surface area contributed by atoms with Crippen LogP contribution in [0.3, 0.4) is 0 Å². The first-order valence-corrected chi connectivity index (χ1v) is 3.71. The van der Waals surface area contributed by atoms with Crippen LogP contribution in [0, 0.1) is 0 Å². The van der Waals surface area contributed by atoms with Crippen molar-refractivity contribution in [3.05, 3.63) is 12.7 Å². The number of carbonyl (C=O) groups excluding carboxylic acids is 2. The predicted molar refractivity (Wildman–Crippen MR) is 44.2 cm³/mol. The molecule has 0 amide bonds. The summed E-state index contributed by atoms with van der Waals surface area (Å²) >= 11 is 0. The summed E-state index contributed by atoms with van der Waals surface area (Å²) in [6.07, 6.45) is 2.30. The minimum Gasteiger partial charge on any atom is -0.450 e. The molecule has 0 radical (unpaired) electrons. The van der Waals surface area contributed by atoms with E-state index < -0.39 is 0 Å². The zero-order valence-electron chi connectivity index (χ0n) is 6.91. The molecular formula is C8H13NO3. The van der Waals surface area contributed by atoms with Crippen molar-refractivity contribution in [1.29, 1.82) is 0 Å². The van der Waals surface area contributed by atoms with Crippen LogP contribution in [0.25, 0.3) is 0 Å². The summed E-state index contributed by atoms with van der Waals surface area (Å²) in [5.74, 6) is -0.426. The van der Waals surface area contributed by atoms with Crippen LogP contribution in [0.15, 0.2) is 12.7 Å². The van der Waals surface area contributed by atoms with Crippen LogP contribution in [0.4, 0.5) is 0 Å². The van der Waals surface area contributed by atoms with E-state index >= 15 is 0 Å². The molecule has 12 heavy (non-hydrogen) atoms. The highest BCUT2D eigenvalue weighted by Crippen LogP contribution is 1.98. The fourth-order valence-electron chi connectivity index (χ4n) is 0.674. The number of hydrogen-bond acceptors (Lipinski definition) is 4. The fourth-order valence-corrected chi connectivity index (χ4v) is 0.674. The standard InChI is InChI=1S/C8H13NO3/c1-2-7(10)4-3-5-8(11)12-6-9/h2H,1,3-6,9H2.